The third kappa shape index (κ3) is 5.99. The molecular weight excluding hydrogens is 396 g/mol. The number of hydrogen-bond donors (Lipinski definition) is 1. The van der Waals surface area contributed by atoms with Crippen LogP contribution in [0.5, 0.6) is 0 Å². The minimum Gasteiger partial charge on any atom is -0.285 e. The van der Waals surface area contributed by atoms with E-state index in [1.54, 1.807) is 0 Å². The summed E-state index contributed by atoms with van der Waals surface area (Å²) in [6.45, 7) is 0. The van der Waals surface area contributed by atoms with Crippen molar-refractivity contribution in [3.05, 3.63) is 48.0 Å². The summed E-state index contributed by atoms with van der Waals surface area (Å²) in [4.78, 5) is -0.199. The Kier molecular flexibility index (Phi) is 6.49. The van der Waals surface area contributed by atoms with Crippen LogP contribution in [0.2, 0.25) is 0 Å². The van der Waals surface area contributed by atoms with Crippen LogP contribution in [0.4, 0.5) is 17.1 Å². The standard InChI is InChI=1S/C15H16N4O6S2/c1-16-19-14-8-7-13(9-15(14)27(23,24)25-2)18-17-12-5-3-11(4-6-12)10-26(20,21)22/h3-9H,10H2,1-2H3,(H,20,21,22). The lowest BCUT2D eigenvalue weighted by molar-refractivity contribution is 0.398. The van der Waals surface area contributed by atoms with Crippen LogP contribution in [-0.2, 0) is 30.2 Å². The van der Waals surface area contributed by atoms with Crippen molar-refractivity contribution in [2.45, 2.75) is 10.6 Å². The highest BCUT2D eigenvalue weighted by molar-refractivity contribution is 7.87. The molecule has 0 heterocycles. The third-order valence-corrected chi connectivity index (χ3v) is 5.21. The second-order valence-corrected chi connectivity index (χ2v) is 8.30. The summed E-state index contributed by atoms with van der Waals surface area (Å²) in [5.74, 6) is -0.504. The van der Waals surface area contributed by atoms with Crippen LogP contribution < -0.4 is 0 Å². The summed E-state index contributed by atoms with van der Waals surface area (Å²) in [5, 5.41) is 15.2. The van der Waals surface area contributed by atoms with Gasteiger partial charge in [0.2, 0.25) is 0 Å². The van der Waals surface area contributed by atoms with Gasteiger partial charge in [-0.05, 0) is 35.9 Å². The Morgan fingerprint density at radius 2 is 1.52 bits per heavy atom. The summed E-state index contributed by atoms with van der Waals surface area (Å²) in [7, 11) is -5.69. The Hall–Kier alpha value is -2.54. The minimum absolute atomic E-state index is 0.105. The Labute approximate surface area is 156 Å². The number of rotatable bonds is 7. The van der Waals surface area contributed by atoms with Crippen molar-refractivity contribution in [2.24, 2.45) is 20.5 Å². The van der Waals surface area contributed by atoms with E-state index < -0.39 is 26.0 Å². The van der Waals surface area contributed by atoms with Crippen LogP contribution in [-0.4, -0.2) is 35.5 Å². The van der Waals surface area contributed by atoms with Crippen molar-refractivity contribution < 1.29 is 25.6 Å². The fourth-order valence-corrected chi connectivity index (χ4v) is 3.45. The van der Waals surface area contributed by atoms with Gasteiger partial charge >= 0.3 is 0 Å². The Morgan fingerprint density at radius 3 is 2.07 bits per heavy atom. The van der Waals surface area contributed by atoms with E-state index in [0.717, 1.165) is 7.11 Å². The Balaban J connectivity index is 2.30. The highest BCUT2D eigenvalue weighted by atomic mass is 32.2. The molecule has 0 aromatic heterocycles. The number of nitrogens with zero attached hydrogens (tertiary/aromatic N) is 4. The van der Waals surface area contributed by atoms with Crippen molar-refractivity contribution in [3.63, 3.8) is 0 Å². The molecule has 2 aromatic carbocycles. The van der Waals surface area contributed by atoms with Crippen LogP contribution in [0.1, 0.15) is 5.56 Å². The molecule has 144 valence electrons. The van der Waals surface area contributed by atoms with Gasteiger partial charge in [-0.3, -0.25) is 8.74 Å². The van der Waals surface area contributed by atoms with Crippen LogP contribution >= 0.6 is 0 Å². The fourth-order valence-electron chi connectivity index (χ4n) is 2.03. The highest BCUT2D eigenvalue weighted by Gasteiger charge is 2.19. The van der Waals surface area contributed by atoms with Gasteiger partial charge in [0.25, 0.3) is 20.2 Å². The van der Waals surface area contributed by atoms with Gasteiger partial charge < -0.3 is 0 Å². The maximum Gasteiger partial charge on any atom is 0.299 e. The first-order valence-corrected chi connectivity index (χ1v) is 10.4. The maximum absolute atomic E-state index is 12.0. The average molecular weight is 412 g/mol. The molecule has 0 aliphatic carbocycles. The zero-order chi connectivity index (χ0) is 20.1. The normalized spacial score (nSPS) is 12.9. The summed E-state index contributed by atoms with van der Waals surface area (Å²) in [5.41, 5.74) is 1.14. The summed E-state index contributed by atoms with van der Waals surface area (Å²) >= 11 is 0. The molecule has 0 radical (unpaired) electrons. The quantitative estimate of drug-likeness (QED) is 0.418. The van der Waals surface area contributed by atoms with E-state index in [1.807, 2.05) is 0 Å². The Bertz CT molecular complexity index is 1080. The van der Waals surface area contributed by atoms with Crippen molar-refractivity contribution in [1.82, 2.24) is 0 Å². The van der Waals surface area contributed by atoms with Crippen LogP contribution in [0.15, 0.2) is 67.8 Å². The van der Waals surface area contributed by atoms with E-state index in [2.05, 4.69) is 24.6 Å². The van der Waals surface area contributed by atoms with Gasteiger partial charge in [-0.1, -0.05) is 12.1 Å². The van der Waals surface area contributed by atoms with E-state index in [0.29, 0.717) is 11.3 Å². The minimum atomic E-state index is -4.11. The molecule has 0 saturated carbocycles. The molecular formula is C15H16N4O6S2. The molecule has 0 amide bonds. The highest BCUT2D eigenvalue weighted by Crippen LogP contribution is 2.31. The van der Waals surface area contributed by atoms with Crippen LogP contribution in [0.3, 0.4) is 0 Å². The lowest BCUT2D eigenvalue weighted by Gasteiger charge is -2.05. The van der Waals surface area contributed by atoms with Gasteiger partial charge in [-0.15, -0.1) is 0 Å². The van der Waals surface area contributed by atoms with E-state index in [4.69, 9.17) is 4.55 Å². The molecule has 0 atom stereocenters. The second kappa shape index (κ2) is 8.43. The Morgan fingerprint density at radius 1 is 0.926 bits per heavy atom. The molecule has 0 fully saturated rings. The van der Waals surface area contributed by atoms with Crippen LogP contribution in [0.25, 0.3) is 0 Å². The van der Waals surface area contributed by atoms with E-state index in [1.165, 1.54) is 49.5 Å². The topological polar surface area (TPSA) is 147 Å². The van der Waals surface area contributed by atoms with Crippen molar-refractivity contribution in [3.8, 4) is 0 Å². The summed E-state index contributed by atoms with van der Waals surface area (Å²) < 4.78 is 59.0. The largest absolute Gasteiger partial charge is 0.299 e. The molecule has 27 heavy (non-hydrogen) atoms. The van der Waals surface area contributed by atoms with Crippen molar-refractivity contribution in [1.29, 1.82) is 0 Å². The number of hydrogen-bond acceptors (Lipinski definition) is 9. The molecule has 2 aromatic rings. The summed E-state index contributed by atoms with van der Waals surface area (Å²) in [6, 6.07) is 10.2. The lowest BCUT2D eigenvalue weighted by Crippen LogP contribution is -2.02. The molecule has 12 heteroatoms. The van der Waals surface area contributed by atoms with Gasteiger partial charge in [0, 0.05) is 7.05 Å². The first-order valence-electron chi connectivity index (χ1n) is 7.35. The second-order valence-electron chi connectivity index (χ2n) is 5.17. The number of benzene rings is 2. The predicted octanol–water partition coefficient (Wildman–Crippen LogP) is 3.54. The first-order chi connectivity index (χ1) is 12.6. The monoisotopic (exact) mass is 412 g/mol. The number of azo groups is 2. The maximum atomic E-state index is 12.0. The lowest BCUT2D eigenvalue weighted by atomic mass is 10.2. The van der Waals surface area contributed by atoms with Gasteiger partial charge in [-0.25, -0.2) is 0 Å². The average Bonchev–Trinajstić information content (AvgIpc) is 2.61. The SMILES string of the molecule is CN=Nc1ccc(N=Nc2ccc(CS(=O)(=O)O)cc2)cc1S(=O)(=O)OC. The molecule has 10 nitrogen and oxygen atoms in total. The molecule has 2 rings (SSSR count). The zero-order valence-electron chi connectivity index (χ0n) is 14.3. The van der Waals surface area contributed by atoms with E-state index in [9.17, 15) is 16.8 Å². The smallest absolute Gasteiger partial charge is 0.285 e. The molecule has 0 spiro atoms. The van der Waals surface area contributed by atoms with Gasteiger partial charge in [0.05, 0.1) is 18.5 Å². The molecule has 0 aliphatic heterocycles. The van der Waals surface area contributed by atoms with Gasteiger partial charge in [-0.2, -0.15) is 37.3 Å². The molecule has 1 N–H and O–H groups in total. The molecule has 0 aliphatic rings. The molecule has 0 bridgehead atoms. The van der Waals surface area contributed by atoms with Crippen molar-refractivity contribution in [2.75, 3.05) is 14.2 Å². The van der Waals surface area contributed by atoms with E-state index in [-0.39, 0.29) is 16.3 Å². The zero-order valence-corrected chi connectivity index (χ0v) is 16.0. The van der Waals surface area contributed by atoms with Crippen LogP contribution in [0, 0.1) is 0 Å². The predicted molar refractivity (Wildman–Crippen MR) is 96.9 cm³/mol. The first kappa shape index (κ1) is 20.8. The molecule has 0 unspecified atom stereocenters. The van der Waals surface area contributed by atoms with Crippen molar-refractivity contribution >= 4 is 37.3 Å². The third-order valence-electron chi connectivity index (χ3n) is 3.21. The van der Waals surface area contributed by atoms with Gasteiger partial charge in [0.1, 0.15) is 16.3 Å². The molecule has 0 saturated heterocycles. The summed E-state index contributed by atoms with van der Waals surface area (Å²) in [6.07, 6.45) is 0. The van der Waals surface area contributed by atoms with Gasteiger partial charge in [0.15, 0.2) is 0 Å². The fraction of sp³-hybridized carbons (Fsp3) is 0.200. The van der Waals surface area contributed by atoms with E-state index >= 15 is 0 Å².